The largest absolute Gasteiger partial charge is 0.394 e. The van der Waals surface area contributed by atoms with Crippen molar-refractivity contribution >= 4 is 19.5 Å². The Morgan fingerprint density at radius 3 is 2.54 bits per heavy atom. The molecule has 2 aromatic rings. The fraction of sp³-hybridized carbons (Fsp3) is 0.607. The van der Waals surface area contributed by atoms with E-state index in [1.165, 1.54) is 10.8 Å². The molecular formula is C28H42FN3O6Si. The van der Waals surface area contributed by atoms with Crippen LogP contribution < -0.4 is 21.8 Å². The van der Waals surface area contributed by atoms with Crippen molar-refractivity contribution in [1.29, 1.82) is 0 Å². The van der Waals surface area contributed by atoms with Crippen molar-refractivity contribution in [3.63, 3.8) is 0 Å². The van der Waals surface area contributed by atoms with Crippen LogP contribution in [0.3, 0.4) is 0 Å². The molecule has 3 rings (SSSR count). The first-order chi connectivity index (χ1) is 18.4. The molecule has 1 saturated heterocycles. The number of rotatable bonds is 12. The molecule has 11 heteroatoms. The van der Waals surface area contributed by atoms with Gasteiger partial charge in [0.15, 0.2) is 0 Å². The Kier molecular flexibility index (Phi) is 10.4. The number of hydrogen-bond acceptors (Lipinski definition) is 6. The maximum absolute atomic E-state index is 15.9. The number of carbonyl (C=O) groups excluding carboxylic acids is 1. The first-order valence-corrected chi connectivity index (χ1v) is 15.7. The van der Waals surface area contributed by atoms with Gasteiger partial charge in [0.05, 0.1) is 12.7 Å². The molecular weight excluding hydrogens is 521 g/mol. The second-order valence-electron chi connectivity index (χ2n) is 11.1. The first-order valence-electron chi connectivity index (χ1n) is 13.7. The zero-order valence-electron chi connectivity index (χ0n) is 23.5. The van der Waals surface area contributed by atoms with Crippen LogP contribution in [-0.4, -0.2) is 59.0 Å². The number of amides is 1. The second-order valence-corrected chi connectivity index (χ2v) is 15.5. The van der Waals surface area contributed by atoms with Gasteiger partial charge in [-0.2, -0.15) is 0 Å². The van der Waals surface area contributed by atoms with Crippen molar-refractivity contribution in [2.24, 2.45) is 0 Å². The third-order valence-electron chi connectivity index (χ3n) is 7.63. The van der Waals surface area contributed by atoms with Gasteiger partial charge < -0.3 is 24.4 Å². The molecule has 3 N–H and O–H groups in total. The summed E-state index contributed by atoms with van der Waals surface area (Å²) in [7, 11) is -3.15. The van der Waals surface area contributed by atoms with E-state index < -0.39 is 38.1 Å². The van der Waals surface area contributed by atoms with Gasteiger partial charge in [0.1, 0.15) is 12.3 Å². The molecule has 1 aliphatic heterocycles. The lowest BCUT2D eigenvalue weighted by atomic mass is 10.1. The van der Waals surface area contributed by atoms with Gasteiger partial charge in [-0.25, -0.2) is 4.79 Å². The number of nitrogens with one attached hydrogen (secondary N) is 1. The number of carbonyl (C=O) groups is 1. The van der Waals surface area contributed by atoms with E-state index >= 15 is 4.11 Å². The lowest BCUT2D eigenvalue weighted by Gasteiger charge is -2.31. The second kappa shape index (κ2) is 13.2. The van der Waals surface area contributed by atoms with Crippen molar-refractivity contribution in [1.82, 2.24) is 14.5 Å². The van der Waals surface area contributed by atoms with Crippen molar-refractivity contribution in [2.75, 3.05) is 13.2 Å². The van der Waals surface area contributed by atoms with Crippen LogP contribution in [0.2, 0.25) is 11.1 Å². The Morgan fingerprint density at radius 2 is 1.92 bits per heavy atom. The third kappa shape index (κ3) is 6.94. The monoisotopic (exact) mass is 563 g/mol. The fourth-order valence-corrected chi connectivity index (χ4v) is 8.75. The average molecular weight is 564 g/mol. The van der Waals surface area contributed by atoms with Crippen LogP contribution >= 0.6 is 0 Å². The highest BCUT2D eigenvalue weighted by molar-refractivity contribution is 6.88. The Bertz CT molecular complexity index is 1250. The van der Waals surface area contributed by atoms with E-state index in [4.69, 9.17) is 4.74 Å². The third-order valence-corrected chi connectivity index (χ3v) is 12.2. The van der Waals surface area contributed by atoms with E-state index in [1.54, 1.807) is 6.92 Å². The Hall–Kier alpha value is -2.60. The van der Waals surface area contributed by atoms with E-state index in [0.29, 0.717) is 18.4 Å². The van der Waals surface area contributed by atoms with Gasteiger partial charge in [0.2, 0.25) is 5.91 Å². The average Bonchev–Trinajstić information content (AvgIpc) is 3.28. The smallest absolute Gasteiger partial charge is 0.333 e. The van der Waals surface area contributed by atoms with Gasteiger partial charge in [0.25, 0.3) is 14.0 Å². The number of ether oxygens (including phenoxy) is 1. The van der Waals surface area contributed by atoms with E-state index in [-0.39, 0.29) is 49.5 Å². The number of aromatic nitrogens is 2. The lowest BCUT2D eigenvalue weighted by Crippen LogP contribution is -2.49. The molecule has 0 spiro atoms. The standard InChI is InChI=1S/C28H42FN3O6Si/c1-18(2)39(29,19(3)4)22-9-6-8-21(14-22)10-11-25(35)30-12-7-13-31-27(36)20(5)16-32(28(31)37)26-15-23(34)24(17-33)38-26/h6,8-9,14,16,18-19,23-24,26,33-34H,7,10-13,15,17H2,1-5H3,(H,30,35)/t23-,24+,26+/m0/s1. The van der Waals surface area contributed by atoms with E-state index in [9.17, 15) is 24.6 Å². The number of aryl methyl sites for hydroxylation is 2. The molecule has 0 bridgehead atoms. The van der Waals surface area contributed by atoms with Crippen molar-refractivity contribution in [2.45, 2.75) is 96.4 Å². The van der Waals surface area contributed by atoms with Crippen LogP contribution in [0, 0.1) is 6.92 Å². The molecule has 1 aromatic heterocycles. The van der Waals surface area contributed by atoms with Crippen LogP contribution in [-0.2, 0) is 22.5 Å². The summed E-state index contributed by atoms with van der Waals surface area (Å²) in [5.74, 6) is -0.158. The first kappa shape index (κ1) is 30.9. The predicted molar refractivity (Wildman–Crippen MR) is 150 cm³/mol. The van der Waals surface area contributed by atoms with Gasteiger partial charge >= 0.3 is 5.69 Å². The molecule has 1 aromatic carbocycles. The van der Waals surface area contributed by atoms with Gasteiger partial charge in [-0.15, -0.1) is 0 Å². The fourth-order valence-electron chi connectivity index (χ4n) is 5.32. The van der Waals surface area contributed by atoms with Crippen LogP contribution in [0.25, 0.3) is 0 Å². The number of aliphatic hydroxyl groups is 2. The summed E-state index contributed by atoms with van der Waals surface area (Å²) in [4.78, 5) is 38.1. The summed E-state index contributed by atoms with van der Waals surface area (Å²) in [6.07, 6.45) is 0.177. The molecule has 2 heterocycles. The molecule has 1 amide bonds. The normalized spacial score (nSPS) is 19.7. The highest BCUT2D eigenvalue weighted by Crippen LogP contribution is 2.33. The van der Waals surface area contributed by atoms with Crippen LogP contribution in [0.4, 0.5) is 4.11 Å². The highest BCUT2D eigenvalue weighted by atomic mass is 28.4. The van der Waals surface area contributed by atoms with Gasteiger partial charge in [-0.05, 0) is 41.6 Å². The van der Waals surface area contributed by atoms with Gasteiger partial charge in [0, 0.05) is 37.7 Å². The molecule has 1 aliphatic rings. The molecule has 216 valence electrons. The molecule has 3 atom stereocenters. The maximum Gasteiger partial charge on any atom is 0.333 e. The molecule has 1 fully saturated rings. The minimum atomic E-state index is -3.15. The Labute approximate surface area is 229 Å². The summed E-state index contributed by atoms with van der Waals surface area (Å²) >= 11 is 0. The summed E-state index contributed by atoms with van der Waals surface area (Å²) < 4.78 is 23.9. The van der Waals surface area contributed by atoms with Gasteiger partial charge in [-0.3, -0.25) is 18.7 Å². The van der Waals surface area contributed by atoms with Crippen LogP contribution in [0.15, 0.2) is 40.1 Å². The molecule has 9 nitrogen and oxygen atoms in total. The quantitative estimate of drug-likeness (QED) is 0.206. The SMILES string of the molecule is Cc1cn([C@H]2C[C@H](O)[C@@H](CO)O2)c(=O)n(CCCNC(=O)CCc2cccc([Si](F)(C(C)C)C(C)C)c2)c1=O. The molecule has 0 radical (unpaired) electrons. The summed E-state index contributed by atoms with van der Waals surface area (Å²) in [5.41, 5.74) is 0.194. The molecule has 0 aliphatic carbocycles. The molecule has 0 saturated carbocycles. The summed E-state index contributed by atoms with van der Waals surface area (Å²) in [5, 5.41) is 22.9. The minimum Gasteiger partial charge on any atom is -0.394 e. The maximum atomic E-state index is 15.9. The number of nitrogens with zero attached hydrogens (tertiary/aromatic N) is 2. The van der Waals surface area contributed by atoms with Crippen LogP contribution in [0.5, 0.6) is 0 Å². The van der Waals surface area contributed by atoms with Crippen LogP contribution in [0.1, 0.15) is 64.3 Å². The minimum absolute atomic E-state index is 0.0455. The number of halogens is 1. The molecule has 0 unspecified atom stereocenters. The van der Waals surface area contributed by atoms with E-state index in [0.717, 1.165) is 15.3 Å². The Morgan fingerprint density at radius 1 is 1.23 bits per heavy atom. The van der Waals surface area contributed by atoms with Crippen molar-refractivity contribution < 1.29 is 23.9 Å². The predicted octanol–water partition coefficient (Wildman–Crippen LogP) is 2.04. The van der Waals surface area contributed by atoms with Crippen molar-refractivity contribution in [3.8, 4) is 0 Å². The summed E-state index contributed by atoms with van der Waals surface area (Å²) in [6.45, 7) is 9.36. The van der Waals surface area contributed by atoms with E-state index in [1.807, 2.05) is 52.0 Å². The summed E-state index contributed by atoms with van der Waals surface area (Å²) in [6, 6.07) is 7.55. The zero-order valence-corrected chi connectivity index (χ0v) is 24.5. The number of hydrogen-bond donors (Lipinski definition) is 3. The number of benzene rings is 1. The van der Waals surface area contributed by atoms with Gasteiger partial charge in [-0.1, -0.05) is 52.0 Å². The van der Waals surface area contributed by atoms with Crippen molar-refractivity contribution in [3.05, 3.63) is 62.4 Å². The topological polar surface area (TPSA) is 123 Å². The lowest BCUT2D eigenvalue weighted by molar-refractivity contribution is -0.121. The molecule has 39 heavy (non-hydrogen) atoms. The number of aliphatic hydroxyl groups excluding tert-OH is 2. The van der Waals surface area contributed by atoms with E-state index in [2.05, 4.69) is 5.32 Å². The highest BCUT2D eigenvalue weighted by Gasteiger charge is 2.43. The Balaban J connectivity index is 1.56. The zero-order chi connectivity index (χ0) is 28.9.